The van der Waals surface area contributed by atoms with Gasteiger partial charge in [-0.25, -0.2) is 4.79 Å². The molecule has 8 heteroatoms. The summed E-state index contributed by atoms with van der Waals surface area (Å²) in [5.74, 6) is -0.634. The van der Waals surface area contributed by atoms with E-state index < -0.39 is 5.97 Å². The molecule has 0 aliphatic carbocycles. The SMILES string of the molecule is CCOC(=O)/C=C1/SCC(=O)N1CC(=O)N(C)Cc1ccsc1. The van der Waals surface area contributed by atoms with Gasteiger partial charge in [-0.2, -0.15) is 11.3 Å². The van der Waals surface area contributed by atoms with Gasteiger partial charge in [-0.3, -0.25) is 14.5 Å². The Bertz CT molecular complexity index is 613. The molecule has 0 unspecified atom stereocenters. The minimum Gasteiger partial charge on any atom is -0.463 e. The van der Waals surface area contributed by atoms with E-state index in [2.05, 4.69) is 0 Å². The molecule has 1 saturated heterocycles. The first-order valence-electron chi connectivity index (χ1n) is 7.08. The van der Waals surface area contributed by atoms with Crippen LogP contribution in [0.5, 0.6) is 0 Å². The first-order valence-corrected chi connectivity index (χ1v) is 9.00. The average molecular weight is 354 g/mol. The lowest BCUT2D eigenvalue weighted by Gasteiger charge is -2.21. The standard InChI is InChI=1S/C15H18N2O4S2/c1-3-21-15(20)6-14-17(13(19)10-23-14)8-12(18)16(2)7-11-4-5-22-9-11/h4-6,9H,3,7-8,10H2,1-2H3/b14-6+. The van der Waals surface area contributed by atoms with Crippen molar-refractivity contribution in [3.63, 3.8) is 0 Å². The fourth-order valence-corrected chi connectivity index (χ4v) is 3.57. The van der Waals surface area contributed by atoms with E-state index in [1.165, 1.54) is 22.7 Å². The van der Waals surface area contributed by atoms with Crippen molar-refractivity contribution < 1.29 is 19.1 Å². The maximum Gasteiger partial charge on any atom is 0.333 e. The van der Waals surface area contributed by atoms with Crippen LogP contribution >= 0.6 is 23.1 Å². The number of thioether (sulfide) groups is 1. The van der Waals surface area contributed by atoms with E-state index in [4.69, 9.17) is 4.74 Å². The van der Waals surface area contributed by atoms with Crippen LogP contribution in [0.2, 0.25) is 0 Å². The van der Waals surface area contributed by atoms with Crippen molar-refractivity contribution in [3.05, 3.63) is 33.5 Å². The molecule has 1 aliphatic heterocycles. The van der Waals surface area contributed by atoms with Gasteiger partial charge in [0.05, 0.1) is 23.5 Å². The third kappa shape index (κ3) is 4.84. The monoisotopic (exact) mass is 354 g/mol. The van der Waals surface area contributed by atoms with E-state index in [1.807, 2.05) is 16.8 Å². The Morgan fingerprint density at radius 3 is 2.91 bits per heavy atom. The number of amides is 2. The molecule has 0 aromatic carbocycles. The van der Waals surface area contributed by atoms with Gasteiger partial charge in [0.2, 0.25) is 11.8 Å². The van der Waals surface area contributed by atoms with E-state index >= 15 is 0 Å². The van der Waals surface area contributed by atoms with Crippen LogP contribution in [-0.4, -0.2) is 53.5 Å². The third-order valence-corrected chi connectivity index (χ3v) is 4.91. The molecule has 2 rings (SSSR count). The Kier molecular flexibility index (Phi) is 6.23. The van der Waals surface area contributed by atoms with E-state index in [-0.39, 0.29) is 30.7 Å². The minimum atomic E-state index is -0.506. The quantitative estimate of drug-likeness (QED) is 0.574. The summed E-state index contributed by atoms with van der Waals surface area (Å²) in [6.45, 7) is 2.40. The minimum absolute atomic E-state index is 0.0717. The Labute approximate surface area is 143 Å². The van der Waals surface area contributed by atoms with Crippen molar-refractivity contribution in [3.8, 4) is 0 Å². The van der Waals surface area contributed by atoms with Crippen molar-refractivity contribution in [2.45, 2.75) is 13.5 Å². The molecule has 1 aromatic rings. The fourth-order valence-electron chi connectivity index (χ4n) is 1.99. The fraction of sp³-hybridized carbons (Fsp3) is 0.400. The number of likely N-dealkylation sites (N-methyl/N-ethyl adjacent to an activating group) is 1. The number of carbonyl (C=O) groups is 3. The zero-order valence-corrected chi connectivity index (χ0v) is 14.6. The molecule has 0 saturated carbocycles. The number of esters is 1. The molecule has 23 heavy (non-hydrogen) atoms. The largest absolute Gasteiger partial charge is 0.463 e. The molecule has 6 nitrogen and oxygen atoms in total. The molecule has 0 bridgehead atoms. The third-order valence-electron chi connectivity index (χ3n) is 3.16. The van der Waals surface area contributed by atoms with Gasteiger partial charge in [0.15, 0.2) is 0 Å². The second-order valence-electron chi connectivity index (χ2n) is 4.88. The van der Waals surface area contributed by atoms with Crippen molar-refractivity contribution >= 4 is 40.9 Å². The van der Waals surface area contributed by atoms with Gasteiger partial charge in [-0.1, -0.05) is 11.8 Å². The molecule has 2 heterocycles. The smallest absolute Gasteiger partial charge is 0.333 e. The van der Waals surface area contributed by atoms with Crippen molar-refractivity contribution in [2.24, 2.45) is 0 Å². The lowest BCUT2D eigenvalue weighted by molar-refractivity contribution is -0.138. The second kappa shape index (κ2) is 8.16. The first-order chi connectivity index (χ1) is 11.0. The predicted octanol–water partition coefficient (Wildman–Crippen LogP) is 1.69. The van der Waals surface area contributed by atoms with Crippen LogP contribution in [0.4, 0.5) is 0 Å². The Morgan fingerprint density at radius 1 is 1.48 bits per heavy atom. The molecule has 1 aliphatic rings. The summed E-state index contributed by atoms with van der Waals surface area (Å²) in [6, 6.07) is 1.96. The van der Waals surface area contributed by atoms with Gasteiger partial charge in [-0.05, 0) is 29.3 Å². The molecule has 0 spiro atoms. The maximum absolute atomic E-state index is 12.3. The van der Waals surface area contributed by atoms with Gasteiger partial charge >= 0.3 is 5.97 Å². The predicted molar refractivity (Wildman–Crippen MR) is 89.7 cm³/mol. The molecular weight excluding hydrogens is 336 g/mol. The summed E-state index contributed by atoms with van der Waals surface area (Å²) in [7, 11) is 1.70. The lowest BCUT2D eigenvalue weighted by Crippen LogP contribution is -2.38. The molecular formula is C15H18N2O4S2. The molecule has 0 atom stereocenters. The van der Waals surface area contributed by atoms with Gasteiger partial charge in [0, 0.05) is 13.6 Å². The van der Waals surface area contributed by atoms with E-state index in [1.54, 1.807) is 30.2 Å². The summed E-state index contributed by atoms with van der Waals surface area (Å²) in [4.78, 5) is 38.7. The summed E-state index contributed by atoms with van der Waals surface area (Å²) < 4.78 is 4.85. The van der Waals surface area contributed by atoms with Crippen LogP contribution in [0.15, 0.2) is 27.9 Å². The highest BCUT2D eigenvalue weighted by Crippen LogP contribution is 2.28. The van der Waals surface area contributed by atoms with E-state index in [9.17, 15) is 14.4 Å². The molecule has 124 valence electrons. The Morgan fingerprint density at radius 2 is 2.26 bits per heavy atom. The van der Waals surface area contributed by atoms with Gasteiger partial charge in [0.1, 0.15) is 6.54 Å². The summed E-state index contributed by atoms with van der Waals surface area (Å²) in [5, 5.41) is 4.40. The second-order valence-corrected chi connectivity index (χ2v) is 6.66. The number of hydrogen-bond acceptors (Lipinski definition) is 6. The number of hydrogen-bond donors (Lipinski definition) is 0. The normalized spacial score (nSPS) is 16.0. The van der Waals surface area contributed by atoms with Crippen molar-refractivity contribution in [1.82, 2.24) is 9.80 Å². The molecule has 1 fully saturated rings. The topological polar surface area (TPSA) is 66.9 Å². The number of nitrogens with zero attached hydrogens (tertiary/aromatic N) is 2. The Balaban J connectivity index is 1.99. The van der Waals surface area contributed by atoms with Crippen LogP contribution in [0.1, 0.15) is 12.5 Å². The van der Waals surface area contributed by atoms with E-state index in [0.29, 0.717) is 11.6 Å². The number of rotatable bonds is 6. The van der Waals surface area contributed by atoms with Crippen LogP contribution < -0.4 is 0 Å². The van der Waals surface area contributed by atoms with Gasteiger partial charge < -0.3 is 9.64 Å². The molecule has 1 aromatic heterocycles. The highest BCUT2D eigenvalue weighted by Gasteiger charge is 2.30. The van der Waals surface area contributed by atoms with Crippen molar-refractivity contribution in [1.29, 1.82) is 0 Å². The number of thiophene rings is 1. The number of carbonyl (C=O) groups excluding carboxylic acids is 3. The highest BCUT2D eigenvalue weighted by atomic mass is 32.2. The zero-order chi connectivity index (χ0) is 16.8. The molecule has 2 amide bonds. The van der Waals surface area contributed by atoms with Crippen LogP contribution in [0.3, 0.4) is 0 Å². The van der Waals surface area contributed by atoms with Crippen LogP contribution in [0.25, 0.3) is 0 Å². The van der Waals surface area contributed by atoms with E-state index in [0.717, 1.165) is 5.56 Å². The zero-order valence-electron chi connectivity index (χ0n) is 13.0. The number of ether oxygens (including phenoxy) is 1. The maximum atomic E-state index is 12.3. The van der Waals surface area contributed by atoms with Gasteiger partial charge in [-0.15, -0.1) is 0 Å². The first kappa shape index (κ1) is 17.6. The highest BCUT2D eigenvalue weighted by molar-refractivity contribution is 8.04. The summed E-state index contributed by atoms with van der Waals surface area (Å²) in [6.07, 6.45) is 1.27. The van der Waals surface area contributed by atoms with Crippen LogP contribution in [-0.2, 0) is 25.7 Å². The Hall–Kier alpha value is -1.80. The van der Waals surface area contributed by atoms with Gasteiger partial charge in [0.25, 0.3) is 0 Å². The molecule has 0 radical (unpaired) electrons. The molecule has 0 N–H and O–H groups in total. The van der Waals surface area contributed by atoms with Crippen LogP contribution in [0, 0.1) is 0 Å². The average Bonchev–Trinajstić information content (AvgIpc) is 3.12. The van der Waals surface area contributed by atoms with Crippen molar-refractivity contribution in [2.75, 3.05) is 26.0 Å². The summed E-state index contributed by atoms with van der Waals surface area (Å²) >= 11 is 2.81. The lowest BCUT2D eigenvalue weighted by atomic mass is 10.3. The summed E-state index contributed by atoms with van der Waals surface area (Å²) in [5.41, 5.74) is 1.05.